The number of rotatable bonds is 2. The highest BCUT2D eigenvalue weighted by Crippen LogP contribution is 2.26. The molecule has 0 aromatic carbocycles. The van der Waals surface area contributed by atoms with Crippen LogP contribution in [0.2, 0.25) is 0 Å². The fraction of sp³-hybridized carbons (Fsp3) is 0.600. The minimum atomic E-state index is -0.188. The number of nitrogens with zero attached hydrogens (tertiary/aromatic N) is 2. The number of H-pyrrole nitrogens is 1. The summed E-state index contributed by atoms with van der Waals surface area (Å²) in [4.78, 5) is 20.1. The van der Waals surface area contributed by atoms with E-state index in [0.29, 0.717) is 10.3 Å². The maximum absolute atomic E-state index is 11.4. The first kappa shape index (κ1) is 11.6. The molecule has 1 aromatic heterocycles. The normalized spacial score (nSPS) is 21.1. The van der Waals surface area contributed by atoms with Gasteiger partial charge in [-0.25, -0.2) is 4.98 Å². The zero-order valence-corrected chi connectivity index (χ0v) is 10.4. The quantitative estimate of drug-likeness (QED) is 0.847. The second kappa shape index (κ2) is 4.97. The highest BCUT2D eigenvalue weighted by molar-refractivity contribution is 9.10. The third-order valence-corrected chi connectivity index (χ3v) is 3.60. The average Bonchev–Trinajstić information content (AvgIpc) is 2.33. The van der Waals surface area contributed by atoms with Crippen molar-refractivity contribution < 1.29 is 5.11 Å². The molecule has 16 heavy (non-hydrogen) atoms. The van der Waals surface area contributed by atoms with Gasteiger partial charge in [0.1, 0.15) is 4.47 Å². The largest absolute Gasteiger partial charge is 0.394 e. The number of anilines is 1. The Hall–Kier alpha value is -0.880. The summed E-state index contributed by atoms with van der Waals surface area (Å²) in [5.41, 5.74) is -0.188. The number of piperidine rings is 1. The third-order valence-electron chi connectivity index (χ3n) is 2.89. The van der Waals surface area contributed by atoms with Gasteiger partial charge in [0.05, 0.1) is 19.0 Å². The van der Waals surface area contributed by atoms with E-state index in [-0.39, 0.29) is 18.2 Å². The van der Waals surface area contributed by atoms with E-state index in [1.165, 1.54) is 6.33 Å². The molecule has 0 saturated carbocycles. The Kier molecular flexibility index (Phi) is 3.60. The molecular formula is C10H14BrN3O2. The van der Waals surface area contributed by atoms with Crippen molar-refractivity contribution in [3.05, 3.63) is 21.2 Å². The number of halogens is 1. The molecule has 2 heterocycles. The maximum Gasteiger partial charge on any atom is 0.267 e. The van der Waals surface area contributed by atoms with Crippen LogP contribution in [0.15, 0.2) is 15.6 Å². The highest BCUT2D eigenvalue weighted by atomic mass is 79.9. The molecule has 2 rings (SSSR count). The van der Waals surface area contributed by atoms with Gasteiger partial charge in [-0.05, 0) is 35.2 Å². The molecule has 0 radical (unpaired) electrons. The molecule has 1 fully saturated rings. The van der Waals surface area contributed by atoms with Crippen molar-refractivity contribution in [2.45, 2.75) is 25.3 Å². The van der Waals surface area contributed by atoms with Crippen molar-refractivity contribution in [1.29, 1.82) is 0 Å². The maximum atomic E-state index is 11.4. The number of aromatic amines is 1. The summed E-state index contributed by atoms with van der Waals surface area (Å²) in [5, 5.41) is 9.31. The number of hydrogen-bond acceptors (Lipinski definition) is 4. The third kappa shape index (κ3) is 2.12. The Bertz CT molecular complexity index is 421. The van der Waals surface area contributed by atoms with Gasteiger partial charge in [-0.2, -0.15) is 0 Å². The predicted molar refractivity (Wildman–Crippen MR) is 64.6 cm³/mol. The lowest BCUT2D eigenvalue weighted by Crippen LogP contribution is -2.43. The second-order valence-electron chi connectivity index (χ2n) is 3.89. The van der Waals surface area contributed by atoms with Crippen molar-refractivity contribution in [2.24, 2.45) is 0 Å². The molecule has 6 heteroatoms. The van der Waals surface area contributed by atoms with Crippen LogP contribution in [0.4, 0.5) is 5.82 Å². The van der Waals surface area contributed by atoms with Gasteiger partial charge in [0.25, 0.3) is 5.56 Å². The summed E-state index contributed by atoms with van der Waals surface area (Å²) >= 11 is 3.24. The van der Waals surface area contributed by atoms with Crippen molar-refractivity contribution >= 4 is 21.7 Å². The molecular weight excluding hydrogens is 274 g/mol. The van der Waals surface area contributed by atoms with E-state index in [4.69, 9.17) is 0 Å². The summed E-state index contributed by atoms with van der Waals surface area (Å²) in [5.74, 6) is 0.627. The van der Waals surface area contributed by atoms with Crippen LogP contribution in [-0.2, 0) is 0 Å². The van der Waals surface area contributed by atoms with Crippen molar-refractivity contribution in [3.8, 4) is 0 Å². The molecule has 1 atom stereocenters. The van der Waals surface area contributed by atoms with Gasteiger partial charge in [0, 0.05) is 6.54 Å². The number of nitrogens with one attached hydrogen (secondary N) is 1. The molecule has 1 unspecified atom stereocenters. The van der Waals surface area contributed by atoms with E-state index < -0.39 is 0 Å². The van der Waals surface area contributed by atoms with E-state index in [2.05, 4.69) is 25.9 Å². The molecule has 0 aliphatic carbocycles. The first-order valence-corrected chi connectivity index (χ1v) is 6.14. The summed E-state index contributed by atoms with van der Waals surface area (Å²) in [6.07, 6.45) is 4.52. The lowest BCUT2D eigenvalue weighted by Gasteiger charge is -2.35. The van der Waals surface area contributed by atoms with Crippen molar-refractivity contribution in [2.75, 3.05) is 18.1 Å². The van der Waals surface area contributed by atoms with Crippen LogP contribution < -0.4 is 10.5 Å². The number of aliphatic hydroxyl groups excluding tert-OH is 1. The summed E-state index contributed by atoms with van der Waals surface area (Å²) < 4.78 is 0.440. The van der Waals surface area contributed by atoms with Gasteiger partial charge in [0.15, 0.2) is 5.82 Å². The van der Waals surface area contributed by atoms with Gasteiger partial charge in [-0.3, -0.25) is 4.79 Å². The second-order valence-corrected chi connectivity index (χ2v) is 4.69. The SMILES string of the molecule is O=c1[nH]cnc(N2CCCCC2CO)c1Br. The van der Waals surface area contributed by atoms with Crippen LogP contribution in [-0.4, -0.2) is 34.3 Å². The van der Waals surface area contributed by atoms with Crippen LogP contribution >= 0.6 is 15.9 Å². The summed E-state index contributed by atoms with van der Waals surface area (Å²) in [7, 11) is 0. The lowest BCUT2D eigenvalue weighted by atomic mass is 10.0. The van der Waals surface area contributed by atoms with Gasteiger partial charge in [0.2, 0.25) is 0 Å². The zero-order valence-electron chi connectivity index (χ0n) is 8.82. The average molecular weight is 288 g/mol. The molecule has 1 aliphatic rings. The molecule has 2 N–H and O–H groups in total. The van der Waals surface area contributed by atoms with Crippen LogP contribution in [0.25, 0.3) is 0 Å². The number of aromatic nitrogens is 2. The summed E-state index contributed by atoms with van der Waals surface area (Å²) in [6, 6.07) is 0.0688. The topological polar surface area (TPSA) is 69.2 Å². The van der Waals surface area contributed by atoms with E-state index in [9.17, 15) is 9.90 Å². The Morgan fingerprint density at radius 1 is 1.62 bits per heavy atom. The van der Waals surface area contributed by atoms with Crippen molar-refractivity contribution in [3.63, 3.8) is 0 Å². The standard InChI is InChI=1S/C10H14BrN3O2/c11-8-9(12-6-13-10(8)16)14-4-2-1-3-7(14)5-15/h6-7,15H,1-5H2,(H,12,13,16). The van der Waals surface area contributed by atoms with E-state index in [1.807, 2.05) is 4.90 Å². The minimum absolute atomic E-state index is 0.0688. The molecule has 88 valence electrons. The van der Waals surface area contributed by atoms with Crippen molar-refractivity contribution in [1.82, 2.24) is 9.97 Å². The molecule has 1 aliphatic heterocycles. The Morgan fingerprint density at radius 3 is 3.19 bits per heavy atom. The number of aliphatic hydroxyl groups is 1. The monoisotopic (exact) mass is 287 g/mol. The van der Waals surface area contributed by atoms with Crippen LogP contribution in [0.3, 0.4) is 0 Å². The van der Waals surface area contributed by atoms with E-state index in [1.54, 1.807) is 0 Å². The van der Waals surface area contributed by atoms with Gasteiger partial charge < -0.3 is 15.0 Å². The number of hydrogen-bond donors (Lipinski definition) is 2. The van der Waals surface area contributed by atoms with E-state index >= 15 is 0 Å². The van der Waals surface area contributed by atoms with Crippen LogP contribution in [0.5, 0.6) is 0 Å². The minimum Gasteiger partial charge on any atom is -0.394 e. The first-order chi connectivity index (χ1) is 7.74. The smallest absolute Gasteiger partial charge is 0.267 e. The van der Waals surface area contributed by atoms with Crippen LogP contribution in [0.1, 0.15) is 19.3 Å². The molecule has 0 spiro atoms. The predicted octanol–water partition coefficient (Wildman–Crippen LogP) is 0.884. The lowest BCUT2D eigenvalue weighted by molar-refractivity contribution is 0.239. The van der Waals surface area contributed by atoms with E-state index in [0.717, 1.165) is 25.8 Å². The summed E-state index contributed by atoms with van der Waals surface area (Å²) in [6.45, 7) is 0.932. The zero-order chi connectivity index (χ0) is 11.5. The fourth-order valence-electron chi connectivity index (χ4n) is 2.04. The van der Waals surface area contributed by atoms with Gasteiger partial charge in [-0.15, -0.1) is 0 Å². The van der Waals surface area contributed by atoms with Gasteiger partial charge >= 0.3 is 0 Å². The molecule has 5 nitrogen and oxygen atoms in total. The van der Waals surface area contributed by atoms with Gasteiger partial charge in [-0.1, -0.05) is 0 Å². The molecule has 1 saturated heterocycles. The molecule has 1 aromatic rings. The van der Waals surface area contributed by atoms with Crippen LogP contribution in [0, 0.1) is 0 Å². The Morgan fingerprint density at radius 2 is 2.44 bits per heavy atom. The fourth-order valence-corrected chi connectivity index (χ4v) is 2.49. The highest BCUT2D eigenvalue weighted by Gasteiger charge is 2.25. The molecule has 0 amide bonds. The molecule has 0 bridgehead atoms. The Balaban J connectivity index is 2.34. The first-order valence-electron chi connectivity index (χ1n) is 5.34. The Labute approximate surface area is 102 Å².